The van der Waals surface area contributed by atoms with Crippen molar-refractivity contribution in [2.24, 2.45) is 0 Å². The quantitative estimate of drug-likeness (QED) is 0.745. The molecule has 2 aromatic rings. The summed E-state index contributed by atoms with van der Waals surface area (Å²) in [6.45, 7) is 4.99. The summed E-state index contributed by atoms with van der Waals surface area (Å²) in [4.78, 5) is 26.9. The molecule has 1 aliphatic carbocycles. The molecule has 0 radical (unpaired) electrons. The first-order valence-electron chi connectivity index (χ1n) is 11.2. The van der Waals surface area contributed by atoms with Gasteiger partial charge in [0.1, 0.15) is 19.0 Å². The highest BCUT2D eigenvalue weighted by Crippen LogP contribution is 2.52. The molecule has 2 aromatic carbocycles. The molecule has 2 aliphatic heterocycles. The van der Waals surface area contributed by atoms with Gasteiger partial charge in [0.15, 0.2) is 11.5 Å². The van der Waals surface area contributed by atoms with Crippen LogP contribution in [-0.2, 0) is 10.2 Å². The minimum absolute atomic E-state index is 0.0172. The van der Waals surface area contributed by atoms with Crippen molar-refractivity contribution in [3.05, 3.63) is 52.8 Å². The van der Waals surface area contributed by atoms with E-state index in [0.717, 1.165) is 42.7 Å². The van der Waals surface area contributed by atoms with E-state index >= 15 is 0 Å². The Kier molecular flexibility index (Phi) is 5.07. The second kappa shape index (κ2) is 7.80. The molecule has 1 unspecified atom stereocenters. The first-order valence-corrected chi connectivity index (χ1v) is 11.2. The predicted molar refractivity (Wildman–Crippen MR) is 118 cm³/mol. The van der Waals surface area contributed by atoms with Gasteiger partial charge in [0, 0.05) is 24.4 Å². The largest absolute Gasteiger partial charge is 0.486 e. The molecule has 1 atom stereocenters. The second-order valence-corrected chi connectivity index (χ2v) is 9.06. The van der Waals surface area contributed by atoms with Crippen LogP contribution in [-0.4, -0.2) is 36.5 Å². The molecular weight excluding hydrogens is 411 g/mol. The van der Waals surface area contributed by atoms with Gasteiger partial charge < -0.3 is 19.7 Å². The third-order valence-electron chi connectivity index (χ3n) is 7.02. The number of carbonyl (C=O) groups excluding carboxylic acids is 2. The maximum absolute atomic E-state index is 14.1. The topological polar surface area (TPSA) is 67.9 Å². The number of hydrogen-bond donors (Lipinski definition) is 1. The number of ether oxygens (including phenoxy) is 2. The standard InChI is InChI=1S/C25H27FN2O4/c1-15-18-12-22-23(32-10-9-31-22)13-19(18)25(7-3-4-8-25)14-28(15)24(30)17-5-6-20(26)21(11-17)27-16(2)29/h5-6,11-13,15H,3-4,7-10,14H2,1-2H3,(H,27,29). The van der Waals surface area contributed by atoms with Crippen molar-refractivity contribution >= 4 is 17.5 Å². The molecular formula is C25H27FN2O4. The number of carbonyl (C=O) groups is 2. The Labute approximate surface area is 186 Å². The summed E-state index contributed by atoms with van der Waals surface area (Å²) in [5, 5.41) is 2.47. The first kappa shape index (κ1) is 20.8. The highest BCUT2D eigenvalue weighted by molar-refractivity contribution is 5.97. The van der Waals surface area contributed by atoms with Gasteiger partial charge in [-0.05, 0) is 61.2 Å². The molecule has 32 heavy (non-hydrogen) atoms. The predicted octanol–water partition coefficient (Wildman–Crippen LogP) is 4.58. The average molecular weight is 438 g/mol. The molecule has 3 aliphatic rings. The number of fused-ring (bicyclic) bond motifs is 3. The van der Waals surface area contributed by atoms with Crippen LogP contribution < -0.4 is 14.8 Å². The summed E-state index contributed by atoms with van der Waals surface area (Å²) in [6.07, 6.45) is 4.26. The lowest BCUT2D eigenvalue weighted by molar-refractivity contribution is -0.114. The Morgan fingerprint density at radius 2 is 1.78 bits per heavy atom. The van der Waals surface area contributed by atoms with Gasteiger partial charge in [0.2, 0.25) is 5.91 Å². The average Bonchev–Trinajstić information content (AvgIpc) is 3.25. The minimum Gasteiger partial charge on any atom is -0.486 e. The van der Waals surface area contributed by atoms with Crippen LogP contribution in [0, 0.1) is 5.82 Å². The summed E-state index contributed by atoms with van der Waals surface area (Å²) in [5.74, 6) is 0.386. The Morgan fingerprint density at radius 1 is 1.09 bits per heavy atom. The van der Waals surface area contributed by atoms with Crippen LogP contribution >= 0.6 is 0 Å². The second-order valence-electron chi connectivity index (χ2n) is 9.06. The third kappa shape index (κ3) is 3.40. The number of rotatable bonds is 2. The lowest BCUT2D eigenvalue weighted by Gasteiger charge is -2.46. The molecule has 1 N–H and O–H groups in total. The van der Waals surface area contributed by atoms with Crippen molar-refractivity contribution in [1.29, 1.82) is 0 Å². The molecule has 6 nitrogen and oxygen atoms in total. The van der Waals surface area contributed by atoms with E-state index < -0.39 is 5.82 Å². The molecule has 168 valence electrons. The van der Waals surface area contributed by atoms with Gasteiger partial charge in [0.25, 0.3) is 5.91 Å². The molecule has 5 rings (SSSR count). The zero-order chi connectivity index (χ0) is 22.5. The molecule has 7 heteroatoms. The number of hydrogen-bond acceptors (Lipinski definition) is 4. The van der Waals surface area contributed by atoms with Crippen LogP contribution in [0.25, 0.3) is 0 Å². The van der Waals surface area contributed by atoms with Crippen LogP contribution in [0.2, 0.25) is 0 Å². The maximum atomic E-state index is 14.1. The zero-order valence-electron chi connectivity index (χ0n) is 18.4. The first-order chi connectivity index (χ1) is 15.4. The van der Waals surface area contributed by atoms with Gasteiger partial charge in [-0.25, -0.2) is 4.39 Å². The Bertz CT molecular complexity index is 1090. The smallest absolute Gasteiger partial charge is 0.254 e. The molecule has 2 amide bonds. The van der Waals surface area contributed by atoms with Crippen LogP contribution in [0.1, 0.15) is 67.1 Å². The summed E-state index contributed by atoms with van der Waals surface area (Å²) < 4.78 is 25.8. The highest BCUT2D eigenvalue weighted by atomic mass is 19.1. The van der Waals surface area contributed by atoms with Gasteiger partial charge in [-0.15, -0.1) is 0 Å². The SMILES string of the molecule is CC(=O)Nc1cc(C(=O)N2CC3(CCCC3)c3cc4c(cc3C2C)OCCO4)ccc1F. The minimum atomic E-state index is -0.565. The van der Waals surface area contributed by atoms with Gasteiger partial charge >= 0.3 is 0 Å². The summed E-state index contributed by atoms with van der Waals surface area (Å²) in [6, 6.07) is 8.12. The van der Waals surface area contributed by atoms with Crippen LogP contribution in [0.4, 0.5) is 10.1 Å². The van der Waals surface area contributed by atoms with E-state index in [9.17, 15) is 14.0 Å². The fourth-order valence-electron chi connectivity index (χ4n) is 5.46. The molecule has 1 saturated carbocycles. The summed E-state index contributed by atoms with van der Waals surface area (Å²) >= 11 is 0. The number of amides is 2. The van der Waals surface area contributed by atoms with Crippen LogP contribution in [0.3, 0.4) is 0 Å². The van der Waals surface area contributed by atoms with Crippen molar-refractivity contribution in [2.45, 2.75) is 51.0 Å². The molecule has 1 spiro atoms. The number of nitrogens with one attached hydrogen (secondary N) is 1. The van der Waals surface area contributed by atoms with E-state index in [1.165, 1.54) is 30.7 Å². The lowest BCUT2D eigenvalue weighted by Crippen LogP contribution is -2.48. The zero-order valence-corrected chi connectivity index (χ0v) is 18.4. The lowest BCUT2D eigenvalue weighted by atomic mass is 9.71. The van der Waals surface area contributed by atoms with E-state index in [1.54, 1.807) is 0 Å². The Hall–Kier alpha value is -3.09. The monoisotopic (exact) mass is 438 g/mol. The van der Waals surface area contributed by atoms with Gasteiger partial charge in [0.05, 0.1) is 11.7 Å². The highest BCUT2D eigenvalue weighted by Gasteiger charge is 2.46. The van der Waals surface area contributed by atoms with E-state index in [0.29, 0.717) is 25.3 Å². The van der Waals surface area contributed by atoms with E-state index in [2.05, 4.69) is 11.4 Å². The molecule has 0 aromatic heterocycles. The van der Waals surface area contributed by atoms with E-state index in [-0.39, 0.29) is 29.0 Å². The Balaban J connectivity index is 1.55. The van der Waals surface area contributed by atoms with Gasteiger partial charge in [-0.1, -0.05) is 12.8 Å². The van der Waals surface area contributed by atoms with Crippen molar-refractivity contribution in [3.8, 4) is 11.5 Å². The Morgan fingerprint density at radius 3 is 2.47 bits per heavy atom. The number of nitrogens with zero attached hydrogens (tertiary/aromatic N) is 1. The molecule has 0 bridgehead atoms. The third-order valence-corrected chi connectivity index (χ3v) is 7.02. The van der Waals surface area contributed by atoms with Crippen LogP contribution in [0.15, 0.2) is 30.3 Å². The summed E-state index contributed by atoms with van der Waals surface area (Å²) in [7, 11) is 0. The van der Waals surface area contributed by atoms with Crippen molar-refractivity contribution in [3.63, 3.8) is 0 Å². The number of anilines is 1. The van der Waals surface area contributed by atoms with Crippen molar-refractivity contribution < 1.29 is 23.5 Å². The molecule has 1 fully saturated rings. The van der Waals surface area contributed by atoms with Crippen molar-refractivity contribution in [1.82, 2.24) is 4.90 Å². The van der Waals surface area contributed by atoms with Crippen molar-refractivity contribution in [2.75, 3.05) is 25.1 Å². The fourth-order valence-corrected chi connectivity index (χ4v) is 5.46. The normalized spacial score (nSPS) is 20.7. The van der Waals surface area contributed by atoms with Gasteiger partial charge in [-0.3, -0.25) is 9.59 Å². The number of halogens is 1. The number of benzene rings is 2. The molecule has 0 saturated heterocycles. The van der Waals surface area contributed by atoms with E-state index in [4.69, 9.17) is 9.47 Å². The van der Waals surface area contributed by atoms with E-state index in [1.807, 2.05) is 17.9 Å². The molecule has 2 heterocycles. The maximum Gasteiger partial charge on any atom is 0.254 e. The summed E-state index contributed by atoms with van der Waals surface area (Å²) in [5.41, 5.74) is 2.60. The fraction of sp³-hybridized carbons (Fsp3) is 0.440. The van der Waals surface area contributed by atoms with Crippen LogP contribution in [0.5, 0.6) is 11.5 Å². The van der Waals surface area contributed by atoms with Gasteiger partial charge in [-0.2, -0.15) is 0 Å².